The Balaban J connectivity index is 0.00000146. The smallest absolute Gasteiger partial charge is 0.169 e. The van der Waals surface area contributed by atoms with Gasteiger partial charge in [0, 0.05) is 11.6 Å². The topological polar surface area (TPSA) is 30.9 Å². The van der Waals surface area contributed by atoms with Crippen molar-refractivity contribution >= 4 is 0 Å². The summed E-state index contributed by atoms with van der Waals surface area (Å²) in [4.78, 5) is 2.48. The second-order valence-corrected chi connectivity index (χ2v) is 6.95. The first-order valence-corrected chi connectivity index (χ1v) is 8.24. The lowest BCUT2D eigenvalue weighted by Gasteiger charge is -2.52. The predicted octanol–water partition coefficient (Wildman–Crippen LogP) is -0.571. The third kappa shape index (κ3) is 1.63. The van der Waals surface area contributed by atoms with Gasteiger partial charge in [0.15, 0.2) is 17.6 Å². The van der Waals surface area contributed by atoms with Gasteiger partial charge in [0.25, 0.3) is 0 Å². The quantitative estimate of drug-likeness (QED) is 0.717. The molecule has 0 N–H and O–H groups in total. The van der Waals surface area contributed by atoms with E-state index in [0.29, 0.717) is 6.04 Å². The molecule has 4 nitrogen and oxygen atoms in total. The van der Waals surface area contributed by atoms with Crippen molar-refractivity contribution in [2.45, 2.75) is 30.4 Å². The highest BCUT2D eigenvalue weighted by Gasteiger charge is 2.61. The number of piperidine rings is 1. The molecule has 2 aliphatic heterocycles. The normalized spacial score (nSPS) is 32.0. The second-order valence-electron chi connectivity index (χ2n) is 6.95. The average Bonchev–Trinajstić information content (AvgIpc) is 2.92. The summed E-state index contributed by atoms with van der Waals surface area (Å²) in [7, 11) is 5.68. The molecule has 1 aromatic rings. The summed E-state index contributed by atoms with van der Waals surface area (Å²) in [5.74, 6) is 2.68. The highest BCUT2D eigenvalue weighted by molar-refractivity contribution is 5.67. The first-order chi connectivity index (χ1) is 11.2. The number of hydrogen-bond donors (Lipinski definition) is 0. The summed E-state index contributed by atoms with van der Waals surface area (Å²) in [6, 6.07) is 4.72. The number of allylic oxidation sites excluding steroid dienone is 2. The Morgan fingerprint density at radius 2 is 2.04 bits per heavy atom. The number of likely N-dealkylation sites (N-methyl/N-ethyl adjacent to an activating group) is 1. The van der Waals surface area contributed by atoms with Crippen molar-refractivity contribution in [1.29, 1.82) is 0 Å². The molecule has 2 heterocycles. The number of hydrogen-bond acceptors (Lipinski definition) is 4. The molecule has 5 heteroatoms. The maximum Gasteiger partial charge on any atom is 0.169 e. The Kier molecular flexibility index (Phi) is 3.42. The molecule has 0 saturated carbocycles. The molecule has 0 amide bonds. The Bertz CT molecular complexity index is 772. The Labute approximate surface area is 148 Å². The largest absolute Gasteiger partial charge is 1.00 e. The molecular formula is C19H21ClNO3-. The van der Waals surface area contributed by atoms with Gasteiger partial charge in [-0.1, -0.05) is 12.1 Å². The molecule has 0 aromatic heterocycles. The van der Waals surface area contributed by atoms with Crippen LogP contribution < -0.4 is 21.9 Å². The molecule has 3 atom stereocenters. The summed E-state index contributed by atoms with van der Waals surface area (Å²) in [6.45, 7) is 1.08. The van der Waals surface area contributed by atoms with Crippen molar-refractivity contribution in [2.24, 2.45) is 0 Å². The van der Waals surface area contributed by atoms with Crippen LogP contribution in [0.25, 0.3) is 0 Å². The van der Waals surface area contributed by atoms with Crippen molar-refractivity contribution in [2.75, 3.05) is 27.8 Å². The minimum atomic E-state index is -0.0747. The molecule has 24 heavy (non-hydrogen) atoms. The van der Waals surface area contributed by atoms with Crippen LogP contribution in [0.5, 0.6) is 11.5 Å². The molecule has 2 aliphatic carbocycles. The summed E-state index contributed by atoms with van der Waals surface area (Å²) >= 11 is 0. The van der Waals surface area contributed by atoms with Crippen LogP contribution in [0.15, 0.2) is 35.6 Å². The fourth-order valence-electron chi connectivity index (χ4n) is 5.10. The molecule has 5 rings (SSSR count). The molecule has 1 spiro atoms. The lowest BCUT2D eigenvalue weighted by atomic mass is 9.57. The fraction of sp³-hybridized carbons (Fsp3) is 0.474. The van der Waals surface area contributed by atoms with Gasteiger partial charge in [-0.05, 0) is 49.7 Å². The number of nitrogens with zero attached hydrogens (tertiary/aromatic N) is 1. The molecule has 128 valence electrons. The Hall–Kier alpha value is -1.65. The second kappa shape index (κ2) is 5.17. The molecule has 0 unspecified atom stereocenters. The van der Waals surface area contributed by atoms with Crippen molar-refractivity contribution < 1.29 is 26.6 Å². The third-order valence-electron chi connectivity index (χ3n) is 6.16. The minimum Gasteiger partial charge on any atom is -1.00 e. The lowest BCUT2D eigenvalue weighted by molar-refractivity contribution is -0.00000552. The van der Waals surface area contributed by atoms with Gasteiger partial charge in [0.1, 0.15) is 5.76 Å². The highest BCUT2D eigenvalue weighted by Crippen LogP contribution is 2.62. The van der Waals surface area contributed by atoms with Crippen LogP contribution in [0.1, 0.15) is 17.5 Å². The van der Waals surface area contributed by atoms with Crippen LogP contribution in [0.4, 0.5) is 0 Å². The van der Waals surface area contributed by atoms with Crippen LogP contribution in [0.2, 0.25) is 0 Å². The van der Waals surface area contributed by atoms with Gasteiger partial charge in [-0.2, -0.15) is 0 Å². The first kappa shape index (κ1) is 15.9. The summed E-state index contributed by atoms with van der Waals surface area (Å²) < 4.78 is 17.7. The monoisotopic (exact) mass is 346 g/mol. The molecule has 1 saturated heterocycles. The predicted molar refractivity (Wildman–Crippen MR) is 87.0 cm³/mol. The number of halogens is 1. The van der Waals surface area contributed by atoms with Crippen LogP contribution in [0.3, 0.4) is 0 Å². The fourth-order valence-corrected chi connectivity index (χ4v) is 5.10. The van der Waals surface area contributed by atoms with E-state index in [1.807, 2.05) is 6.07 Å². The number of rotatable bonds is 2. The molecule has 1 aromatic carbocycles. The standard InChI is InChI=1S/C19H21NO3.ClH/c1-20-9-8-19-12-5-7-15(22-3)18(19)23-17-14(21-2)6-4-11(16(17)19)10-13(12)20;/h4-7,13,18H,8-10H2,1-3H3;1H/p-1/t13-,18+,19+;/m1./s1. The van der Waals surface area contributed by atoms with E-state index in [-0.39, 0.29) is 23.9 Å². The summed E-state index contributed by atoms with van der Waals surface area (Å²) in [5, 5.41) is 0. The van der Waals surface area contributed by atoms with E-state index in [4.69, 9.17) is 14.2 Å². The zero-order valence-corrected chi connectivity index (χ0v) is 14.9. The van der Waals surface area contributed by atoms with Gasteiger partial charge in [-0.3, -0.25) is 4.90 Å². The van der Waals surface area contributed by atoms with Gasteiger partial charge in [-0.15, -0.1) is 0 Å². The van der Waals surface area contributed by atoms with Gasteiger partial charge >= 0.3 is 0 Å². The number of methoxy groups -OCH3 is 2. The van der Waals surface area contributed by atoms with E-state index in [9.17, 15) is 0 Å². The molecule has 1 fully saturated rings. The van der Waals surface area contributed by atoms with Gasteiger partial charge in [0.2, 0.25) is 0 Å². The maximum absolute atomic E-state index is 6.46. The van der Waals surface area contributed by atoms with Crippen molar-refractivity contribution in [3.8, 4) is 11.5 Å². The number of likely N-dealkylation sites (tertiary alicyclic amines) is 1. The van der Waals surface area contributed by atoms with E-state index in [1.165, 1.54) is 16.7 Å². The molecule has 2 bridgehead atoms. The SMILES string of the molecule is COC1=CC=C2[C@H]3Cc4ccc(OC)c5c4[C@@]2(CCN3C)[C@H]1O5.[Cl-]. The number of benzene rings is 1. The minimum absolute atomic E-state index is 0. The maximum atomic E-state index is 6.46. The van der Waals surface area contributed by atoms with E-state index < -0.39 is 0 Å². The Morgan fingerprint density at radius 3 is 2.79 bits per heavy atom. The lowest BCUT2D eigenvalue weighted by Crippen LogP contribution is -3.00. The van der Waals surface area contributed by atoms with Crippen molar-refractivity contribution in [3.05, 3.63) is 46.7 Å². The van der Waals surface area contributed by atoms with Crippen LogP contribution in [-0.2, 0) is 16.6 Å². The average molecular weight is 347 g/mol. The molecule has 4 aliphatic rings. The van der Waals surface area contributed by atoms with Crippen LogP contribution in [-0.4, -0.2) is 44.9 Å². The summed E-state index contributed by atoms with van der Waals surface area (Å²) in [6.07, 6.45) is 6.41. The van der Waals surface area contributed by atoms with Gasteiger partial charge < -0.3 is 26.6 Å². The molecular weight excluding hydrogens is 326 g/mol. The van der Waals surface area contributed by atoms with Gasteiger partial charge in [-0.25, -0.2) is 0 Å². The van der Waals surface area contributed by atoms with E-state index >= 15 is 0 Å². The highest BCUT2D eigenvalue weighted by atomic mass is 35.5. The van der Waals surface area contributed by atoms with E-state index in [0.717, 1.165) is 36.6 Å². The van der Waals surface area contributed by atoms with E-state index in [1.54, 1.807) is 14.2 Å². The third-order valence-corrected chi connectivity index (χ3v) is 6.16. The first-order valence-electron chi connectivity index (χ1n) is 8.24. The zero-order valence-electron chi connectivity index (χ0n) is 14.1. The summed E-state index contributed by atoms with van der Waals surface area (Å²) in [5.41, 5.74) is 4.15. The van der Waals surface area contributed by atoms with E-state index in [2.05, 4.69) is 30.2 Å². The van der Waals surface area contributed by atoms with Crippen molar-refractivity contribution in [1.82, 2.24) is 4.90 Å². The molecule has 0 radical (unpaired) electrons. The van der Waals surface area contributed by atoms with Gasteiger partial charge in [0.05, 0.1) is 19.6 Å². The zero-order chi connectivity index (χ0) is 15.8. The number of ether oxygens (including phenoxy) is 3. The Morgan fingerprint density at radius 1 is 1.21 bits per heavy atom. The van der Waals surface area contributed by atoms with Crippen LogP contribution in [0, 0.1) is 0 Å². The van der Waals surface area contributed by atoms with Crippen molar-refractivity contribution in [3.63, 3.8) is 0 Å². The van der Waals surface area contributed by atoms with Crippen LogP contribution >= 0.6 is 0 Å².